The molecule has 0 saturated heterocycles. The van der Waals surface area contributed by atoms with Crippen molar-refractivity contribution in [3.8, 4) is 0 Å². The molecule has 102 valence electrons. The Hall–Kier alpha value is -1.86. The molecule has 1 rings (SSSR count). The fourth-order valence-electron chi connectivity index (χ4n) is 1.32. The number of carbonyl (C=O) groups excluding carboxylic acids is 3. The maximum atomic E-state index is 12.1. The monoisotopic (exact) mass is 304 g/mol. The molecule has 19 heavy (non-hydrogen) atoms. The largest absolute Gasteiger partial charge is 0.368 e. The number of rotatable bonds is 5. The zero-order valence-corrected chi connectivity index (χ0v) is 11.1. The predicted octanol–water partition coefficient (Wildman–Crippen LogP) is -0.199. The third-order valence-electron chi connectivity index (χ3n) is 2.03. The van der Waals surface area contributed by atoms with Gasteiger partial charge in [-0.1, -0.05) is 23.2 Å². The molecule has 0 fully saturated rings. The average molecular weight is 305 g/mol. The van der Waals surface area contributed by atoms with Gasteiger partial charge in [-0.3, -0.25) is 14.4 Å². The van der Waals surface area contributed by atoms with Crippen LogP contribution in [-0.2, 0) is 9.59 Å². The molecule has 1 heterocycles. The lowest BCUT2D eigenvalue weighted by molar-refractivity contribution is -0.121. The van der Waals surface area contributed by atoms with Crippen LogP contribution in [0.1, 0.15) is 10.4 Å². The highest BCUT2D eigenvalue weighted by molar-refractivity contribution is 6.34. The van der Waals surface area contributed by atoms with E-state index in [9.17, 15) is 14.4 Å². The van der Waals surface area contributed by atoms with Crippen molar-refractivity contribution in [2.75, 3.05) is 13.1 Å². The molecule has 1 aromatic rings. The minimum Gasteiger partial charge on any atom is -0.368 e. The molecule has 0 aliphatic rings. The normalized spacial score (nSPS) is 10.0. The number of aromatic nitrogens is 1. The van der Waals surface area contributed by atoms with Gasteiger partial charge in [0.25, 0.3) is 5.91 Å². The Morgan fingerprint density at radius 3 is 2.05 bits per heavy atom. The molecular formula is C10H10Cl2N4O3. The van der Waals surface area contributed by atoms with E-state index in [1.165, 1.54) is 12.1 Å². The molecule has 0 aliphatic carbocycles. The second kappa shape index (κ2) is 6.35. The Morgan fingerprint density at radius 2 is 1.63 bits per heavy atom. The van der Waals surface area contributed by atoms with Crippen molar-refractivity contribution in [1.82, 2.24) is 9.88 Å². The number of nitrogens with two attached hydrogens (primary N) is 2. The molecule has 9 heteroatoms. The van der Waals surface area contributed by atoms with Gasteiger partial charge in [0.1, 0.15) is 23.4 Å². The third kappa shape index (κ3) is 4.38. The number of primary amides is 2. The van der Waals surface area contributed by atoms with E-state index in [-0.39, 0.29) is 15.9 Å². The number of halogens is 2. The van der Waals surface area contributed by atoms with Gasteiger partial charge in [-0.05, 0) is 12.1 Å². The fraction of sp³-hybridized carbons (Fsp3) is 0.200. The van der Waals surface area contributed by atoms with Crippen molar-refractivity contribution >= 4 is 40.9 Å². The fourth-order valence-corrected chi connectivity index (χ4v) is 1.74. The number of hydrogen-bond acceptors (Lipinski definition) is 4. The van der Waals surface area contributed by atoms with Crippen molar-refractivity contribution in [2.24, 2.45) is 11.5 Å². The molecule has 0 atom stereocenters. The van der Waals surface area contributed by atoms with E-state index in [2.05, 4.69) is 4.98 Å². The predicted molar refractivity (Wildman–Crippen MR) is 68.5 cm³/mol. The Bertz CT molecular complexity index is 520. The molecule has 0 bridgehead atoms. The van der Waals surface area contributed by atoms with Crippen LogP contribution in [0.3, 0.4) is 0 Å². The molecule has 0 aliphatic heterocycles. The highest BCUT2D eigenvalue weighted by Crippen LogP contribution is 2.18. The van der Waals surface area contributed by atoms with Crippen LogP contribution in [0, 0.1) is 0 Å². The summed E-state index contributed by atoms with van der Waals surface area (Å²) in [5, 5.41) is -0.0330. The first-order chi connectivity index (χ1) is 8.81. The van der Waals surface area contributed by atoms with Crippen LogP contribution in [0.15, 0.2) is 12.1 Å². The summed E-state index contributed by atoms with van der Waals surface area (Å²) in [6.45, 7) is -0.915. The highest BCUT2D eigenvalue weighted by Gasteiger charge is 2.22. The van der Waals surface area contributed by atoms with Gasteiger partial charge in [-0.25, -0.2) is 4.98 Å². The molecule has 0 unspecified atom stereocenters. The van der Waals surface area contributed by atoms with Crippen LogP contribution in [-0.4, -0.2) is 40.7 Å². The summed E-state index contributed by atoms with van der Waals surface area (Å²) in [4.78, 5) is 38.4. The lowest BCUT2D eigenvalue weighted by Crippen LogP contribution is -2.43. The Kier molecular flexibility index (Phi) is 5.08. The summed E-state index contributed by atoms with van der Waals surface area (Å²) in [5.41, 5.74) is 9.98. The molecule has 0 saturated carbocycles. The number of amides is 3. The maximum absolute atomic E-state index is 12.1. The molecule has 0 radical (unpaired) electrons. The maximum Gasteiger partial charge on any atom is 0.257 e. The van der Waals surface area contributed by atoms with E-state index >= 15 is 0 Å². The standard InChI is InChI=1S/C10H10Cl2N4O3/c11-6-2-1-5(9(12)15-6)10(19)16(3-7(13)17)4-8(14)18/h1-2H,3-4H2,(H2,13,17)(H2,14,18). The number of hydrogen-bond donors (Lipinski definition) is 2. The van der Waals surface area contributed by atoms with Gasteiger partial charge in [-0.2, -0.15) is 0 Å². The first-order valence-electron chi connectivity index (χ1n) is 4.99. The van der Waals surface area contributed by atoms with Crippen LogP contribution in [0.4, 0.5) is 0 Å². The van der Waals surface area contributed by atoms with Crippen molar-refractivity contribution in [3.05, 3.63) is 28.0 Å². The van der Waals surface area contributed by atoms with Gasteiger partial charge in [0.05, 0.1) is 5.56 Å². The lowest BCUT2D eigenvalue weighted by Gasteiger charge is -2.19. The second-order valence-corrected chi connectivity index (χ2v) is 4.31. The van der Waals surface area contributed by atoms with Crippen LogP contribution in [0.5, 0.6) is 0 Å². The van der Waals surface area contributed by atoms with E-state index in [1.807, 2.05) is 0 Å². The summed E-state index contributed by atoms with van der Waals surface area (Å²) in [6, 6.07) is 2.68. The minimum atomic E-state index is -0.785. The van der Waals surface area contributed by atoms with E-state index in [0.717, 1.165) is 4.90 Å². The molecule has 0 spiro atoms. The van der Waals surface area contributed by atoms with Crippen molar-refractivity contribution < 1.29 is 14.4 Å². The first kappa shape index (κ1) is 15.2. The zero-order chi connectivity index (χ0) is 14.6. The van der Waals surface area contributed by atoms with Gasteiger partial charge in [0, 0.05) is 0 Å². The van der Waals surface area contributed by atoms with E-state index in [4.69, 9.17) is 34.7 Å². The molecule has 1 aromatic heterocycles. The molecule has 7 nitrogen and oxygen atoms in total. The van der Waals surface area contributed by atoms with Crippen LogP contribution in [0.2, 0.25) is 10.3 Å². The van der Waals surface area contributed by atoms with E-state index in [1.54, 1.807) is 0 Å². The van der Waals surface area contributed by atoms with Crippen LogP contribution in [0.25, 0.3) is 0 Å². The van der Waals surface area contributed by atoms with Crippen molar-refractivity contribution in [2.45, 2.75) is 0 Å². The number of pyridine rings is 1. The molecule has 3 amide bonds. The lowest BCUT2D eigenvalue weighted by atomic mass is 10.2. The summed E-state index contributed by atoms with van der Waals surface area (Å²) >= 11 is 11.4. The minimum absolute atomic E-state index is 0.00596. The van der Waals surface area contributed by atoms with Crippen molar-refractivity contribution in [1.29, 1.82) is 0 Å². The topological polar surface area (TPSA) is 119 Å². The number of nitrogens with zero attached hydrogens (tertiary/aromatic N) is 2. The second-order valence-electron chi connectivity index (χ2n) is 3.57. The SMILES string of the molecule is NC(=O)CN(CC(N)=O)C(=O)c1ccc(Cl)nc1Cl. The van der Waals surface area contributed by atoms with Gasteiger partial charge < -0.3 is 16.4 Å². The molecular weight excluding hydrogens is 295 g/mol. The van der Waals surface area contributed by atoms with E-state index in [0.29, 0.717) is 0 Å². The summed E-state index contributed by atoms with van der Waals surface area (Å²) in [5.74, 6) is -2.26. The Morgan fingerprint density at radius 1 is 1.11 bits per heavy atom. The third-order valence-corrected chi connectivity index (χ3v) is 2.52. The summed E-state index contributed by atoms with van der Waals surface area (Å²) in [7, 11) is 0. The van der Waals surface area contributed by atoms with Gasteiger partial charge in [0.2, 0.25) is 11.8 Å². The zero-order valence-electron chi connectivity index (χ0n) is 9.60. The highest BCUT2D eigenvalue weighted by atomic mass is 35.5. The quantitative estimate of drug-likeness (QED) is 0.732. The first-order valence-corrected chi connectivity index (χ1v) is 5.74. The van der Waals surface area contributed by atoms with Gasteiger partial charge in [-0.15, -0.1) is 0 Å². The Balaban J connectivity index is 3.04. The summed E-state index contributed by atoms with van der Waals surface area (Å²) in [6.07, 6.45) is 0. The summed E-state index contributed by atoms with van der Waals surface area (Å²) < 4.78 is 0. The smallest absolute Gasteiger partial charge is 0.257 e. The van der Waals surface area contributed by atoms with Crippen LogP contribution >= 0.6 is 23.2 Å². The van der Waals surface area contributed by atoms with Crippen LogP contribution < -0.4 is 11.5 Å². The van der Waals surface area contributed by atoms with Gasteiger partial charge >= 0.3 is 0 Å². The Labute approximate surface area is 118 Å². The molecule has 4 N–H and O–H groups in total. The number of carbonyl (C=O) groups is 3. The molecule has 0 aromatic carbocycles. The average Bonchev–Trinajstić information content (AvgIpc) is 2.26. The van der Waals surface area contributed by atoms with Gasteiger partial charge in [0.15, 0.2) is 0 Å². The van der Waals surface area contributed by atoms with Crippen molar-refractivity contribution in [3.63, 3.8) is 0 Å². The van der Waals surface area contributed by atoms with E-state index < -0.39 is 30.8 Å².